The highest BCUT2D eigenvalue weighted by molar-refractivity contribution is 5.79. The van der Waals surface area contributed by atoms with Gasteiger partial charge in [-0.2, -0.15) is 0 Å². The van der Waals surface area contributed by atoms with Crippen molar-refractivity contribution in [1.29, 1.82) is 0 Å². The molecule has 0 aliphatic rings. The zero-order valence-electron chi connectivity index (χ0n) is 18.2. The normalized spacial score (nSPS) is 11.4. The number of aliphatic carboxylic acids is 1. The van der Waals surface area contributed by atoms with Gasteiger partial charge in [0.05, 0.1) is 16.6 Å². The zero-order valence-corrected chi connectivity index (χ0v) is 18.2. The first-order valence-corrected chi connectivity index (χ1v) is 10.5. The predicted octanol–water partition coefficient (Wildman–Crippen LogP) is 2.84. The molecular weight excluding hydrogens is 394 g/mol. The summed E-state index contributed by atoms with van der Waals surface area (Å²) in [5, 5.41) is 12.7. The van der Waals surface area contributed by atoms with Gasteiger partial charge < -0.3 is 10.4 Å². The average molecular weight is 424 g/mol. The van der Waals surface area contributed by atoms with E-state index >= 15 is 0 Å². The fourth-order valence-corrected chi connectivity index (χ4v) is 3.53. The van der Waals surface area contributed by atoms with Crippen LogP contribution in [0.1, 0.15) is 37.8 Å². The third-order valence-corrected chi connectivity index (χ3v) is 5.38. The first kappa shape index (κ1) is 22.5. The van der Waals surface area contributed by atoms with Crippen molar-refractivity contribution in [2.45, 2.75) is 39.7 Å². The van der Waals surface area contributed by atoms with Gasteiger partial charge in [0.2, 0.25) is 0 Å². The Kier molecular flexibility index (Phi) is 7.07. The lowest BCUT2D eigenvalue weighted by Gasteiger charge is -2.13. The van der Waals surface area contributed by atoms with Crippen molar-refractivity contribution in [1.82, 2.24) is 14.5 Å². The van der Waals surface area contributed by atoms with Gasteiger partial charge in [-0.3, -0.25) is 14.2 Å². The summed E-state index contributed by atoms with van der Waals surface area (Å²) in [6.07, 6.45) is 1.51. The maximum atomic E-state index is 13.2. The molecule has 0 bridgehead atoms. The highest BCUT2D eigenvalue weighted by Crippen LogP contribution is 2.14. The van der Waals surface area contributed by atoms with Crippen LogP contribution < -0.4 is 16.6 Å². The Morgan fingerprint density at radius 1 is 1.06 bits per heavy atom. The summed E-state index contributed by atoms with van der Waals surface area (Å²) in [6, 6.07) is 12.5. The second kappa shape index (κ2) is 9.75. The van der Waals surface area contributed by atoms with Gasteiger partial charge >= 0.3 is 11.7 Å². The quantitative estimate of drug-likeness (QED) is 0.516. The minimum atomic E-state index is -0.863. The molecule has 3 rings (SSSR count). The van der Waals surface area contributed by atoms with Gasteiger partial charge in [-0.15, -0.1) is 0 Å². The molecule has 2 N–H and O–H groups in total. The molecule has 7 heteroatoms. The molecule has 1 heterocycles. The molecule has 164 valence electrons. The number of nitrogens with zero attached hydrogens (tertiary/aromatic N) is 2. The van der Waals surface area contributed by atoms with E-state index in [0.717, 1.165) is 24.1 Å². The molecule has 0 spiro atoms. The first-order valence-electron chi connectivity index (χ1n) is 10.5. The van der Waals surface area contributed by atoms with Gasteiger partial charge in [-0.1, -0.05) is 32.0 Å². The number of aromatic nitrogens is 2. The van der Waals surface area contributed by atoms with E-state index in [0.29, 0.717) is 35.5 Å². The van der Waals surface area contributed by atoms with E-state index in [4.69, 9.17) is 5.11 Å². The molecule has 0 unspecified atom stereocenters. The molecule has 3 aromatic rings. The average Bonchev–Trinajstić information content (AvgIpc) is 2.74. The number of aryl methyl sites for hydroxylation is 2. The number of carboxylic acids is 1. The van der Waals surface area contributed by atoms with E-state index in [2.05, 4.69) is 19.2 Å². The molecular formula is C24H29N3O4. The molecule has 0 amide bonds. The minimum Gasteiger partial charge on any atom is -0.481 e. The fourth-order valence-electron chi connectivity index (χ4n) is 3.53. The van der Waals surface area contributed by atoms with Gasteiger partial charge in [-0.25, -0.2) is 9.36 Å². The van der Waals surface area contributed by atoms with Crippen LogP contribution in [0, 0.1) is 5.92 Å². The summed E-state index contributed by atoms with van der Waals surface area (Å²) >= 11 is 0. The molecule has 0 saturated carbocycles. The van der Waals surface area contributed by atoms with Gasteiger partial charge in [0.1, 0.15) is 0 Å². The number of hydrogen-bond donors (Lipinski definition) is 2. The summed E-state index contributed by atoms with van der Waals surface area (Å²) in [6.45, 7) is 5.92. The molecule has 0 aliphatic heterocycles. The van der Waals surface area contributed by atoms with E-state index in [1.165, 1.54) is 9.13 Å². The largest absolute Gasteiger partial charge is 0.481 e. The lowest BCUT2D eigenvalue weighted by atomic mass is 10.1. The van der Waals surface area contributed by atoms with E-state index in [1.54, 1.807) is 31.3 Å². The van der Waals surface area contributed by atoms with Crippen LogP contribution in [-0.2, 0) is 24.8 Å². The number of nitrogens with one attached hydrogen (secondary N) is 1. The second-order valence-electron chi connectivity index (χ2n) is 8.25. The van der Waals surface area contributed by atoms with Crippen LogP contribution in [0.3, 0.4) is 0 Å². The van der Waals surface area contributed by atoms with E-state index in [9.17, 15) is 14.4 Å². The number of benzene rings is 2. The molecule has 0 saturated heterocycles. The van der Waals surface area contributed by atoms with Crippen molar-refractivity contribution < 1.29 is 9.90 Å². The number of fused-ring (bicyclic) bond motifs is 1. The van der Waals surface area contributed by atoms with Crippen LogP contribution in [-0.4, -0.2) is 26.8 Å². The standard InChI is InChI=1S/C24H29N3O4/c1-16(2)12-13-25-15-18-6-10-21-20(14-18)23(30)27(24(31)26(21)3)19-8-4-17(5-9-19)7-11-22(28)29/h4-6,8-10,14,16,25H,7,11-13,15H2,1-3H3,(H,28,29). The molecule has 7 nitrogen and oxygen atoms in total. The van der Waals surface area contributed by atoms with Crippen LogP contribution >= 0.6 is 0 Å². The van der Waals surface area contributed by atoms with Crippen molar-refractivity contribution in [3.05, 3.63) is 74.4 Å². The van der Waals surface area contributed by atoms with Crippen LogP contribution in [0.2, 0.25) is 0 Å². The van der Waals surface area contributed by atoms with Crippen LogP contribution in [0.4, 0.5) is 0 Å². The maximum Gasteiger partial charge on any atom is 0.335 e. The van der Waals surface area contributed by atoms with Crippen LogP contribution in [0.5, 0.6) is 0 Å². The number of hydrogen-bond acceptors (Lipinski definition) is 4. The number of carboxylic acid groups (broad SMARTS) is 1. The maximum absolute atomic E-state index is 13.2. The Hall–Kier alpha value is -3.19. The zero-order chi connectivity index (χ0) is 22.5. The molecule has 0 radical (unpaired) electrons. The molecule has 2 aromatic carbocycles. The molecule has 31 heavy (non-hydrogen) atoms. The Balaban J connectivity index is 1.95. The van der Waals surface area contributed by atoms with Crippen molar-refractivity contribution in [3.8, 4) is 5.69 Å². The van der Waals surface area contributed by atoms with Crippen molar-refractivity contribution in [2.75, 3.05) is 6.54 Å². The van der Waals surface area contributed by atoms with Gasteiger partial charge in [0.15, 0.2) is 0 Å². The van der Waals surface area contributed by atoms with Gasteiger partial charge in [-0.05, 0) is 60.7 Å². The third kappa shape index (κ3) is 5.30. The SMILES string of the molecule is CC(C)CCNCc1ccc2c(c1)c(=O)n(-c1ccc(CCC(=O)O)cc1)c(=O)n2C. The smallest absolute Gasteiger partial charge is 0.335 e. The molecule has 0 fully saturated rings. The summed E-state index contributed by atoms with van der Waals surface area (Å²) in [5.74, 6) is -0.237. The lowest BCUT2D eigenvalue weighted by molar-refractivity contribution is -0.136. The summed E-state index contributed by atoms with van der Waals surface area (Å²) in [5.41, 5.74) is 2.11. The monoisotopic (exact) mass is 423 g/mol. The van der Waals surface area contributed by atoms with E-state index < -0.39 is 11.7 Å². The molecule has 0 atom stereocenters. The lowest BCUT2D eigenvalue weighted by Crippen LogP contribution is -2.38. The number of carbonyl (C=O) groups is 1. The third-order valence-electron chi connectivity index (χ3n) is 5.38. The van der Waals surface area contributed by atoms with Crippen LogP contribution in [0.25, 0.3) is 16.6 Å². The van der Waals surface area contributed by atoms with E-state index in [1.807, 2.05) is 18.2 Å². The highest BCUT2D eigenvalue weighted by Gasteiger charge is 2.13. The Bertz CT molecular complexity index is 1190. The summed E-state index contributed by atoms with van der Waals surface area (Å²) < 4.78 is 2.64. The topological polar surface area (TPSA) is 93.3 Å². The van der Waals surface area contributed by atoms with E-state index in [-0.39, 0.29) is 12.0 Å². The Labute approximate surface area is 181 Å². The second-order valence-corrected chi connectivity index (χ2v) is 8.25. The Morgan fingerprint density at radius 2 is 1.74 bits per heavy atom. The van der Waals surface area contributed by atoms with Gasteiger partial charge in [0, 0.05) is 20.0 Å². The van der Waals surface area contributed by atoms with Crippen LogP contribution in [0.15, 0.2) is 52.1 Å². The summed E-state index contributed by atoms with van der Waals surface area (Å²) in [7, 11) is 1.66. The minimum absolute atomic E-state index is 0.0328. The van der Waals surface area contributed by atoms with Gasteiger partial charge in [0.25, 0.3) is 5.56 Å². The fraction of sp³-hybridized carbons (Fsp3) is 0.375. The Morgan fingerprint density at radius 3 is 2.39 bits per heavy atom. The highest BCUT2D eigenvalue weighted by atomic mass is 16.4. The molecule has 0 aliphatic carbocycles. The first-order chi connectivity index (χ1) is 14.8. The van der Waals surface area contributed by atoms with Crippen molar-refractivity contribution in [3.63, 3.8) is 0 Å². The van der Waals surface area contributed by atoms with Crippen molar-refractivity contribution in [2.24, 2.45) is 13.0 Å². The van der Waals surface area contributed by atoms with Crippen molar-refractivity contribution >= 4 is 16.9 Å². The predicted molar refractivity (Wildman–Crippen MR) is 122 cm³/mol. The summed E-state index contributed by atoms with van der Waals surface area (Å²) in [4.78, 5) is 36.9. The number of rotatable bonds is 9. The molecule has 1 aromatic heterocycles.